The number of nitriles is 1. The maximum Gasteiger partial charge on any atom is 0.256 e. The van der Waals surface area contributed by atoms with Crippen LogP contribution < -0.4 is 5.32 Å². The number of thiophene rings is 1. The van der Waals surface area contributed by atoms with Crippen molar-refractivity contribution >= 4 is 22.2 Å². The summed E-state index contributed by atoms with van der Waals surface area (Å²) in [5, 5.41) is 13.3. The third-order valence-corrected chi connectivity index (χ3v) is 6.11. The third-order valence-electron chi connectivity index (χ3n) is 4.73. The van der Waals surface area contributed by atoms with Crippen molar-refractivity contribution in [1.29, 1.82) is 5.26 Å². The van der Waals surface area contributed by atoms with Crippen LogP contribution >= 0.6 is 11.3 Å². The van der Waals surface area contributed by atoms with Crippen LogP contribution in [-0.2, 0) is 6.42 Å². The van der Waals surface area contributed by atoms with Crippen molar-refractivity contribution < 1.29 is 4.79 Å². The summed E-state index contributed by atoms with van der Waals surface area (Å²) < 4.78 is 0. The number of amides is 1. The molecule has 1 heterocycles. The predicted molar refractivity (Wildman–Crippen MR) is 98.7 cm³/mol. The van der Waals surface area contributed by atoms with Gasteiger partial charge in [-0.05, 0) is 48.3 Å². The molecule has 124 valence electrons. The fourth-order valence-electron chi connectivity index (χ4n) is 3.73. The van der Waals surface area contributed by atoms with E-state index in [9.17, 15) is 10.1 Å². The van der Waals surface area contributed by atoms with Crippen molar-refractivity contribution in [3.63, 3.8) is 0 Å². The molecule has 1 aliphatic rings. The number of aryl methyl sites for hydroxylation is 1. The van der Waals surface area contributed by atoms with Gasteiger partial charge in [0, 0.05) is 10.4 Å². The molecule has 0 radical (unpaired) electrons. The van der Waals surface area contributed by atoms with Gasteiger partial charge in [0.25, 0.3) is 5.91 Å². The van der Waals surface area contributed by atoms with Gasteiger partial charge in [0.1, 0.15) is 11.1 Å². The number of anilines is 1. The highest BCUT2D eigenvalue weighted by Crippen LogP contribution is 2.48. The SMILES string of the molecule is Cc1ccccc1C(=O)Nc1sc2c(c1C#N)CC(C)(C)CC2C. The number of hydrogen-bond donors (Lipinski definition) is 1. The van der Waals surface area contributed by atoms with E-state index in [4.69, 9.17) is 0 Å². The highest BCUT2D eigenvalue weighted by molar-refractivity contribution is 7.16. The van der Waals surface area contributed by atoms with Crippen LogP contribution in [0.3, 0.4) is 0 Å². The first kappa shape index (κ1) is 16.7. The molecule has 0 bridgehead atoms. The molecule has 1 amide bonds. The highest BCUT2D eigenvalue weighted by Gasteiger charge is 2.34. The molecular weight excluding hydrogens is 316 g/mol. The van der Waals surface area contributed by atoms with Crippen LogP contribution in [0.4, 0.5) is 5.00 Å². The Bertz CT molecular complexity index is 842. The summed E-state index contributed by atoms with van der Waals surface area (Å²) in [6, 6.07) is 9.84. The monoisotopic (exact) mass is 338 g/mol. The van der Waals surface area contributed by atoms with Crippen molar-refractivity contribution in [3.05, 3.63) is 51.4 Å². The minimum absolute atomic E-state index is 0.143. The second-order valence-corrected chi connectivity index (χ2v) is 8.53. The molecule has 1 aromatic carbocycles. The molecule has 0 fully saturated rings. The summed E-state index contributed by atoms with van der Waals surface area (Å²) in [6.45, 7) is 8.63. The summed E-state index contributed by atoms with van der Waals surface area (Å²) in [5.41, 5.74) is 3.56. The number of nitrogens with one attached hydrogen (secondary N) is 1. The number of carbonyl (C=O) groups excluding carboxylic acids is 1. The summed E-state index contributed by atoms with van der Waals surface area (Å²) in [5.74, 6) is 0.278. The number of carbonyl (C=O) groups is 1. The topological polar surface area (TPSA) is 52.9 Å². The van der Waals surface area contributed by atoms with E-state index in [0.29, 0.717) is 22.0 Å². The Morgan fingerprint density at radius 3 is 2.75 bits per heavy atom. The van der Waals surface area contributed by atoms with Crippen molar-refractivity contribution in [1.82, 2.24) is 0 Å². The van der Waals surface area contributed by atoms with Gasteiger partial charge in [-0.15, -0.1) is 11.3 Å². The molecular formula is C20H22N2OS. The molecule has 3 nitrogen and oxygen atoms in total. The molecule has 1 N–H and O–H groups in total. The quantitative estimate of drug-likeness (QED) is 0.812. The van der Waals surface area contributed by atoms with Gasteiger partial charge >= 0.3 is 0 Å². The molecule has 3 rings (SSSR count). The minimum atomic E-state index is -0.143. The van der Waals surface area contributed by atoms with Gasteiger partial charge < -0.3 is 5.32 Å². The molecule has 0 spiro atoms. The van der Waals surface area contributed by atoms with E-state index in [0.717, 1.165) is 24.0 Å². The molecule has 1 unspecified atom stereocenters. The lowest BCUT2D eigenvalue weighted by Crippen LogP contribution is -2.23. The number of benzene rings is 1. The second kappa shape index (κ2) is 6.07. The van der Waals surface area contributed by atoms with E-state index >= 15 is 0 Å². The van der Waals surface area contributed by atoms with E-state index < -0.39 is 0 Å². The maximum absolute atomic E-state index is 12.6. The lowest BCUT2D eigenvalue weighted by molar-refractivity contribution is 0.102. The average Bonchev–Trinajstić information content (AvgIpc) is 2.83. The van der Waals surface area contributed by atoms with Crippen LogP contribution in [0.5, 0.6) is 0 Å². The Hall–Kier alpha value is -2.12. The van der Waals surface area contributed by atoms with Crippen molar-refractivity contribution in [2.45, 2.75) is 46.5 Å². The van der Waals surface area contributed by atoms with Gasteiger partial charge in [-0.1, -0.05) is 39.0 Å². The number of nitrogens with zero attached hydrogens (tertiary/aromatic N) is 1. The Kier molecular flexibility index (Phi) is 4.23. The third kappa shape index (κ3) is 2.97. The molecule has 1 aromatic heterocycles. The maximum atomic E-state index is 12.6. The Morgan fingerprint density at radius 2 is 2.08 bits per heavy atom. The normalized spacial score (nSPS) is 18.5. The zero-order chi connectivity index (χ0) is 17.5. The Labute approximate surface area is 147 Å². The van der Waals surface area contributed by atoms with Crippen LogP contribution in [0.15, 0.2) is 24.3 Å². The smallest absolute Gasteiger partial charge is 0.256 e. The van der Waals surface area contributed by atoms with Crippen LogP contribution in [0.1, 0.15) is 65.0 Å². The van der Waals surface area contributed by atoms with Crippen molar-refractivity contribution in [2.75, 3.05) is 5.32 Å². The molecule has 1 atom stereocenters. The molecule has 1 aliphatic carbocycles. The van der Waals surface area contributed by atoms with Gasteiger partial charge in [-0.25, -0.2) is 0 Å². The van der Waals surface area contributed by atoms with E-state index in [1.54, 1.807) is 11.3 Å². The van der Waals surface area contributed by atoms with Gasteiger partial charge in [0.15, 0.2) is 0 Å². The zero-order valence-corrected chi connectivity index (χ0v) is 15.4. The number of hydrogen-bond acceptors (Lipinski definition) is 3. The van der Waals surface area contributed by atoms with Crippen LogP contribution in [-0.4, -0.2) is 5.91 Å². The number of fused-ring (bicyclic) bond motifs is 1. The van der Waals surface area contributed by atoms with E-state index in [2.05, 4.69) is 32.2 Å². The summed E-state index contributed by atoms with van der Waals surface area (Å²) >= 11 is 1.57. The summed E-state index contributed by atoms with van der Waals surface area (Å²) in [7, 11) is 0. The fourth-order valence-corrected chi connectivity index (χ4v) is 4.95. The highest BCUT2D eigenvalue weighted by atomic mass is 32.1. The van der Waals surface area contributed by atoms with E-state index in [1.165, 1.54) is 4.88 Å². The zero-order valence-electron chi connectivity index (χ0n) is 14.6. The standard InChI is InChI=1S/C20H22N2OS/c1-12-7-5-6-8-14(12)18(23)22-19-16(11-21)15-10-20(3,4)9-13(2)17(15)24-19/h5-8,13H,9-10H2,1-4H3,(H,22,23). The van der Waals surface area contributed by atoms with Crippen molar-refractivity contribution in [3.8, 4) is 6.07 Å². The van der Waals surface area contributed by atoms with Crippen molar-refractivity contribution in [2.24, 2.45) is 5.41 Å². The molecule has 0 saturated heterocycles. The van der Waals surface area contributed by atoms with Crippen LogP contribution in [0.25, 0.3) is 0 Å². The van der Waals surface area contributed by atoms with Gasteiger partial charge in [0.2, 0.25) is 0 Å². The lowest BCUT2D eigenvalue weighted by Gasteiger charge is -2.33. The fraction of sp³-hybridized carbons (Fsp3) is 0.400. The summed E-state index contributed by atoms with van der Waals surface area (Å²) in [4.78, 5) is 13.9. The molecule has 24 heavy (non-hydrogen) atoms. The van der Waals surface area contributed by atoms with Crippen LogP contribution in [0.2, 0.25) is 0 Å². The minimum Gasteiger partial charge on any atom is -0.312 e. The van der Waals surface area contributed by atoms with Gasteiger partial charge in [-0.3, -0.25) is 4.79 Å². The van der Waals surface area contributed by atoms with Gasteiger partial charge in [0.05, 0.1) is 5.56 Å². The average molecular weight is 338 g/mol. The number of rotatable bonds is 2. The van der Waals surface area contributed by atoms with E-state index in [-0.39, 0.29) is 11.3 Å². The molecule has 0 aliphatic heterocycles. The Morgan fingerprint density at radius 1 is 1.38 bits per heavy atom. The molecule has 4 heteroatoms. The predicted octanol–water partition coefficient (Wildman–Crippen LogP) is 5.26. The Balaban J connectivity index is 1.98. The first-order valence-electron chi connectivity index (χ1n) is 8.25. The van der Waals surface area contributed by atoms with Gasteiger partial charge in [-0.2, -0.15) is 5.26 Å². The van der Waals surface area contributed by atoms with Crippen LogP contribution in [0, 0.1) is 23.7 Å². The molecule has 0 saturated carbocycles. The first-order valence-corrected chi connectivity index (χ1v) is 9.06. The molecule has 2 aromatic rings. The van der Waals surface area contributed by atoms with E-state index in [1.807, 2.05) is 31.2 Å². The lowest BCUT2D eigenvalue weighted by atomic mass is 9.72. The largest absolute Gasteiger partial charge is 0.312 e. The first-order chi connectivity index (χ1) is 11.3. The summed E-state index contributed by atoms with van der Waals surface area (Å²) in [6.07, 6.45) is 2.00. The second-order valence-electron chi connectivity index (χ2n) is 7.48.